The van der Waals surface area contributed by atoms with E-state index in [2.05, 4.69) is 61.8 Å². The molecule has 1 aromatic rings. The van der Waals surface area contributed by atoms with Crippen LogP contribution in [0, 0.1) is 20.8 Å². The first-order valence-corrected chi connectivity index (χ1v) is 8.87. The van der Waals surface area contributed by atoms with E-state index < -0.39 is 0 Å². The van der Waals surface area contributed by atoms with Crippen molar-refractivity contribution < 1.29 is 4.79 Å². The smallest absolute Gasteiger partial charge is 0.242 e. The molecule has 5 nitrogen and oxygen atoms in total. The first-order valence-electron chi connectivity index (χ1n) is 8.87. The number of piperidine rings is 1. The topological polar surface area (TPSA) is 56.4 Å². The van der Waals surface area contributed by atoms with Crippen molar-refractivity contribution in [3.63, 3.8) is 0 Å². The lowest BCUT2D eigenvalue weighted by molar-refractivity contribution is -0.122. The molecule has 0 saturated carbocycles. The molecule has 1 aromatic carbocycles. The highest BCUT2D eigenvalue weighted by molar-refractivity contribution is 5.86. The molecule has 0 radical (unpaired) electrons. The molecule has 1 atom stereocenters. The van der Waals surface area contributed by atoms with Gasteiger partial charge in [-0.15, -0.1) is 0 Å². The van der Waals surface area contributed by atoms with Crippen LogP contribution in [0.1, 0.15) is 36.5 Å². The highest BCUT2D eigenvalue weighted by Gasteiger charge is 2.21. The number of hydrogen-bond donors (Lipinski definition) is 3. The van der Waals surface area contributed by atoms with Crippen LogP contribution in [0.4, 0.5) is 11.4 Å². The minimum Gasteiger partial charge on any atom is -0.377 e. The first kappa shape index (κ1) is 18.6. The number of amides is 1. The van der Waals surface area contributed by atoms with Crippen molar-refractivity contribution in [2.45, 2.75) is 52.6 Å². The number of anilines is 2. The lowest BCUT2D eigenvalue weighted by Gasteiger charge is -2.27. The summed E-state index contributed by atoms with van der Waals surface area (Å²) in [5.74, 6) is 0.0766. The third-order valence-electron chi connectivity index (χ3n) is 4.82. The predicted octanol–water partition coefficient (Wildman–Crippen LogP) is 2.35. The molecule has 1 heterocycles. The van der Waals surface area contributed by atoms with E-state index >= 15 is 0 Å². The van der Waals surface area contributed by atoms with Gasteiger partial charge in [0.05, 0.1) is 0 Å². The Morgan fingerprint density at radius 1 is 1.21 bits per heavy atom. The molecule has 0 bridgehead atoms. The second-order valence-electron chi connectivity index (χ2n) is 7.15. The van der Waals surface area contributed by atoms with E-state index in [1.807, 2.05) is 6.92 Å². The third-order valence-corrected chi connectivity index (χ3v) is 4.82. The van der Waals surface area contributed by atoms with Gasteiger partial charge < -0.3 is 20.9 Å². The van der Waals surface area contributed by atoms with Crippen molar-refractivity contribution >= 4 is 17.3 Å². The summed E-state index contributed by atoms with van der Waals surface area (Å²) in [4.78, 5) is 14.7. The van der Waals surface area contributed by atoms with Gasteiger partial charge in [0.2, 0.25) is 5.91 Å². The van der Waals surface area contributed by atoms with Gasteiger partial charge >= 0.3 is 0 Å². The van der Waals surface area contributed by atoms with Crippen molar-refractivity contribution in [3.05, 3.63) is 22.8 Å². The number of aryl methyl sites for hydroxylation is 2. The zero-order valence-electron chi connectivity index (χ0n) is 15.9. The summed E-state index contributed by atoms with van der Waals surface area (Å²) >= 11 is 0. The molecular formula is C19H32N4O. The Bertz CT molecular complexity index is 592. The fourth-order valence-electron chi connectivity index (χ4n) is 3.66. The number of nitrogens with zero attached hydrogens (tertiary/aromatic N) is 1. The molecule has 3 N–H and O–H groups in total. The molecule has 1 saturated heterocycles. The zero-order chi connectivity index (χ0) is 17.9. The van der Waals surface area contributed by atoms with Crippen molar-refractivity contribution in [3.8, 4) is 0 Å². The third kappa shape index (κ3) is 4.20. The number of benzene rings is 1. The van der Waals surface area contributed by atoms with Crippen LogP contribution >= 0.6 is 0 Å². The lowest BCUT2D eigenvalue weighted by Crippen LogP contribution is -2.47. The second-order valence-corrected chi connectivity index (χ2v) is 7.15. The summed E-state index contributed by atoms with van der Waals surface area (Å²) in [5, 5.41) is 9.93. The van der Waals surface area contributed by atoms with Gasteiger partial charge in [0.25, 0.3) is 0 Å². The highest BCUT2D eigenvalue weighted by atomic mass is 16.2. The van der Waals surface area contributed by atoms with E-state index in [-0.39, 0.29) is 11.9 Å². The van der Waals surface area contributed by atoms with Crippen molar-refractivity contribution in [2.75, 3.05) is 37.4 Å². The van der Waals surface area contributed by atoms with Crippen LogP contribution in [-0.2, 0) is 4.79 Å². The Morgan fingerprint density at radius 3 is 2.42 bits per heavy atom. The summed E-state index contributed by atoms with van der Waals surface area (Å²) in [5.41, 5.74) is 5.91. The average molecular weight is 332 g/mol. The van der Waals surface area contributed by atoms with Gasteiger partial charge in [-0.2, -0.15) is 0 Å². The van der Waals surface area contributed by atoms with E-state index in [1.165, 1.54) is 22.4 Å². The second kappa shape index (κ2) is 7.88. The summed E-state index contributed by atoms with van der Waals surface area (Å²) in [6, 6.07) is 2.22. The predicted molar refractivity (Wildman–Crippen MR) is 102 cm³/mol. The van der Waals surface area contributed by atoms with Gasteiger partial charge in [-0.1, -0.05) is 6.07 Å². The minimum absolute atomic E-state index is 0.0766. The molecule has 1 unspecified atom stereocenters. The molecule has 2 rings (SSSR count). The number of nitrogens with one attached hydrogen (secondary N) is 3. The van der Waals surface area contributed by atoms with Crippen LogP contribution in [-0.4, -0.2) is 45.2 Å². The SMILES string of the molecule is Cc1cc(C)c(N(C)C)c(C)c1NC(C)C(=O)NC1CCNCC1. The zero-order valence-corrected chi connectivity index (χ0v) is 15.9. The van der Waals surface area contributed by atoms with Gasteiger partial charge in [0.15, 0.2) is 0 Å². The van der Waals surface area contributed by atoms with Crippen LogP contribution in [0.5, 0.6) is 0 Å². The monoisotopic (exact) mass is 332 g/mol. The molecule has 1 amide bonds. The molecular weight excluding hydrogens is 300 g/mol. The molecule has 1 fully saturated rings. The average Bonchev–Trinajstić information content (AvgIpc) is 2.51. The van der Waals surface area contributed by atoms with Gasteiger partial charge in [-0.3, -0.25) is 4.79 Å². The molecule has 24 heavy (non-hydrogen) atoms. The largest absolute Gasteiger partial charge is 0.377 e. The van der Waals surface area contributed by atoms with Crippen LogP contribution in [0.2, 0.25) is 0 Å². The number of rotatable bonds is 5. The van der Waals surface area contributed by atoms with Crippen LogP contribution < -0.4 is 20.9 Å². The standard InChI is InChI=1S/C19H32N4O/c1-12-11-13(2)18(23(5)6)14(3)17(12)21-15(4)19(24)22-16-7-9-20-10-8-16/h11,15-16,20-21H,7-10H2,1-6H3,(H,22,24). The molecule has 134 valence electrons. The molecule has 1 aliphatic rings. The molecule has 0 aromatic heterocycles. The molecule has 0 aliphatic carbocycles. The minimum atomic E-state index is -0.255. The van der Waals surface area contributed by atoms with Crippen molar-refractivity contribution in [1.82, 2.24) is 10.6 Å². The Balaban J connectivity index is 2.11. The van der Waals surface area contributed by atoms with Crippen LogP contribution in [0.15, 0.2) is 6.07 Å². The maximum Gasteiger partial charge on any atom is 0.242 e. The molecule has 0 spiro atoms. The summed E-state index contributed by atoms with van der Waals surface area (Å²) < 4.78 is 0. The molecule has 1 aliphatic heterocycles. The Hall–Kier alpha value is -1.75. The summed E-state index contributed by atoms with van der Waals surface area (Å²) in [6.07, 6.45) is 2.01. The van der Waals surface area contributed by atoms with Gasteiger partial charge in [0.1, 0.15) is 6.04 Å². The van der Waals surface area contributed by atoms with Crippen molar-refractivity contribution in [2.24, 2.45) is 0 Å². The van der Waals surface area contributed by atoms with Gasteiger partial charge in [-0.05, 0) is 70.3 Å². The maximum absolute atomic E-state index is 12.5. The fraction of sp³-hybridized carbons (Fsp3) is 0.632. The maximum atomic E-state index is 12.5. The Labute approximate surface area is 146 Å². The fourth-order valence-corrected chi connectivity index (χ4v) is 3.66. The number of carbonyl (C=O) groups excluding carboxylic acids is 1. The van der Waals surface area contributed by atoms with E-state index in [0.717, 1.165) is 31.6 Å². The van der Waals surface area contributed by atoms with Crippen LogP contribution in [0.25, 0.3) is 0 Å². The Kier molecular flexibility index (Phi) is 6.10. The van der Waals surface area contributed by atoms with E-state index in [4.69, 9.17) is 0 Å². The number of hydrogen-bond acceptors (Lipinski definition) is 4. The summed E-state index contributed by atoms with van der Waals surface area (Å²) in [6.45, 7) is 10.2. The van der Waals surface area contributed by atoms with Crippen LogP contribution in [0.3, 0.4) is 0 Å². The van der Waals surface area contributed by atoms with E-state index in [0.29, 0.717) is 6.04 Å². The van der Waals surface area contributed by atoms with Crippen molar-refractivity contribution in [1.29, 1.82) is 0 Å². The van der Waals surface area contributed by atoms with Gasteiger partial charge in [-0.25, -0.2) is 0 Å². The lowest BCUT2D eigenvalue weighted by atomic mass is 10.0. The quantitative estimate of drug-likeness (QED) is 0.775. The molecule has 5 heteroatoms. The first-order chi connectivity index (χ1) is 11.3. The number of carbonyl (C=O) groups is 1. The normalized spacial score (nSPS) is 16.6. The van der Waals surface area contributed by atoms with E-state index in [9.17, 15) is 4.79 Å². The van der Waals surface area contributed by atoms with Gasteiger partial charge in [0, 0.05) is 31.5 Å². The van der Waals surface area contributed by atoms with E-state index in [1.54, 1.807) is 0 Å². The summed E-state index contributed by atoms with van der Waals surface area (Å²) in [7, 11) is 4.11. The highest BCUT2D eigenvalue weighted by Crippen LogP contribution is 2.32. The Morgan fingerprint density at radius 2 is 1.83 bits per heavy atom.